The summed E-state index contributed by atoms with van der Waals surface area (Å²) in [5, 5.41) is 2.30. The Labute approximate surface area is 94.4 Å². The van der Waals surface area contributed by atoms with Crippen LogP contribution in [-0.2, 0) is 15.6 Å². The molecule has 0 bridgehead atoms. The van der Waals surface area contributed by atoms with Gasteiger partial charge in [-0.3, -0.25) is 9.00 Å². The Kier molecular flexibility index (Phi) is 5.45. The molecule has 3 N–H and O–H groups in total. The van der Waals surface area contributed by atoms with Crippen molar-refractivity contribution in [2.75, 3.05) is 5.75 Å². The van der Waals surface area contributed by atoms with Crippen molar-refractivity contribution in [1.29, 1.82) is 0 Å². The summed E-state index contributed by atoms with van der Waals surface area (Å²) >= 11 is 0. The first-order valence-electron chi connectivity index (χ1n) is 5.08. The van der Waals surface area contributed by atoms with Crippen LogP contribution in [0.15, 0.2) is 0 Å². The largest absolute Gasteiger partial charge is 0.350 e. The Hall–Kier alpha value is -0.420. The lowest BCUT2D eigenvalue weighted by atomic mass is 10.1. The summed E-state index contributed by atoms with van der Waals surface area (Å²) in [4.78, 5) is 11.6. The minimum atomic E-state index is -1.20. The monoisotopic (exact) mass is 234 g/mol. The quantitative estimate of drug-likeness (QED) is 0.739. The molecule has 0 aliphatic heterocycles. The molecule has 0 aromatic heterocycles. The predicted molar refractivity (Wildman–Crippen MR) is 64.0 cm³/mol. The van der Waals surface area contributed by atoms with Crippen LogP contribution in [0.4, 0.5) is 0 Å². The molecule has 1 amide bonds. The van der Waals surface area contributed by atoms with E-state index >= 15 is 0 Å². The highest BCUT2D eigenvalue weighted by atomic mass is 32.2. The van der Waals surface area contributed by atoms with E-state index in [0.29, 0.717) is 5.75 Å². The molecule has 0 aromatic rings. The van der Waals surface area contributed by atoms with Gasteiger partial charge in [0.05, 0.1) is 0 Å². The van der Waals surface area contributed by atoms with Gasteiger partial charge in [-0.25, -0.2) is 0 Å². The highest BCUT2D eigenvalue weighted by molar-refractivity contribution is 7.86. The van der Waals surface area contributed by atoms with Gasteiger partial charge >= 0.3 is 0 Å². The minimum absolute atomic E-state index is 0.143. The van der Waals surface area contributed by atoms with Crippen molar-refractivity contribution >= 4 is 16.7 Å². The van der Waals surface area contributed by atoms with Crippen molar-refractivity contribution in [3.63, 3.8) is 0 Å². The Balaban J connectivity index is 4.26. The van der Waals surface area contributed by atoms with Crippen LogP contribution in [0.25, 0.3) is 0 Å². The molecule has 90 valence electrons. The van der Waals surface area contributed by atoms with Gasteiger partial charge in [0.2, 0.25) is 5.91 Å². The zero-order valence-electron chi connectivity index (χ0n) is 10.2. The SMILES string of the molecule is CC(N)CS(=O)C(C)C(=O)NC(C)(C)C. The predicted octanol–water partition coefficient (Wildman–Crippen LogP) is 0.386. The van der Waals surface area contributed by atoms with E-state index in [1.54, 1.807) is 13.8 Å². The van der Waals surface area contributed by atoms with Crippen LogP contribution in [0.5, 0.6) is 0 Å². The molecule has 0 rings (SSSR count). The number of carbonyl (C=O) groups is 1. The normalized spacial score (nSPS) is 18.0. The molecule has 0 aromatic carbocycles. The summed E-state index contributed by atoms with van der Waals surface area (Å²) in [5.74, 6) is 0.181. The number of amides is 1. The third kappa shape index (κ3) is 6.62. The second-order valence-corrected chi connectivity index (χ2v) is 6.71. The fourth-order valence-corrected chi connectivity index (χ4v) is 2.10. The molecule has 3 atom stereocenters. The van der Waals surface area contributed by atoms with Crippen LogP contribution in [0.3, 0.4) is 0 Å². The van der Waals surface area contributed by atoms with Gasteiger partial charge in [0.15, 0.2) is 0 Å². The van der Waals surface area contributed by atoms with E-state index in [4.69, 9.17) is 5.73 Å². The Morgan fingerprint density at radius 1 is 1.40 bits per heavy atom. The molecule has 0 fully saturated rings. The minimum Gasteiger partial charge on any atom is -0.350 e. The lowest BCUT2D eigenvalue weighted by molar-refractivity contribution is -0.121. The van der Waals surface area contributed by atoms with E-state index in [2.05, 4.69) is 5.32 Å². The fourth-order valence-electron chi connectivity index (χ4n) is 0.994. The summed E-state index contributed by atoms with van der Waals surface area (Å²) in [6.45, 7) is 9.14. The van der Waals surface area contributed by atoms with Crippen LogP contribution in [0, 0.1) is 0 Å². The topological polar surface area (TPSA) is 72.2 Å². The van der Waals surface area contributed by atoms with E-state index in [9.17, 15) is 9.00 Å². The molecule has 0 aliphatic carbocycles. The van der Waals surface area contributed by atoms with Gasteiger partial charge in [0, 0.05) is 28.1 Å². The Bertz CT molecular complexity index is 246. The first kappa shape index (κ1) is 14.6. The summed E-state index contributed by atoms with van der Waals surface area (Å²) in [6.07, 6.45) is 0. The smallest absolute Gasteiger partial charge is 0.235 e. The highest BCUT2D eigenvalue weighted by Gasteiger charge is 2.24. The van der Waals surface area contributed by atoms with Gasteiger partial charge in [0.25, 0.3) is 0 Å². The summed E-state index contributed by atoms with van der Waals surface area (Å²) < 4.78 is 11.7. The molecule has 0 saturated carbocycles. The maximum atomic E-state index is 11.7. The van der Waals surface area contributed by atoms with Gasteiger partial charge in [-0.1, -0.05) is 0 Å². The van der Waals surface area contributed by atoms with E-state index < -0.39 is 16.0 Å². The van der Waals surface area contributed by atoms with Gasteiger partial charge in [-0.15, -0.1) is 0 Å². The molecule has 0 aliphatic rings. The Morgan fingerprint density at radius 2 is 1.87 bits per heavy atom. The molecule has 15 heavy (non-hydrogen) atoms. The summed E-state index contributed by atoms with van der Waals surface area (Å²) in [7, 11) is -1.20. The average molecular weight is 234 g/mol. The van der Waals surface area contributed by atoms with Crippen molar-refractivity contribution in [1.82, 2.24) is 5.32 Å². The number of rotatable bonds is 4. The number of carbonyl (C=O) groups excluding carboxylic acids is 1. The standard InChI is InChI=1S/C10H22N2O2S/c1-7(11)6-15(14)8(2)9(13)12-10(3,4)5/h7-8H,6,11H2,1-5H3,(H,12,13). The Morgan fingerprint density at radius 3 is 2.20 bits per heavy atom. The van der Waals surface area contributed by atoms with E-state index in [0.717, 1.165) is 0 Å². The summed E-state index contributed by atoms with van der Waals surface area (Å²) in [5.41, 5.74) is 5.25. The second-order valence-electron chi connectivity index (χ2n) is 4.91. The van der Waals surface area contributed by atoms with Crippen LogP contribution >= 0.6 is 0 Å². The highest BCUT2D eigenvalue weighted by Crippen LogP contribution is 2.03. The van der Waals surface area contributed by atoms with E-state index in [1.807, 2.05) is 20.8 Å². The van der Waals surface area contributed by atoms with E-state index in [-0.39, 0.29) is 17.5 Å². The molecule has 0 spiro atoms. The van der Waals surface area contributed by atoms with Crippen molar-refractivity contribution in [3.05, 3.63) is 0 Å². The molecule has 4 nitrogen and oxygen atoms in total. The molecular formula is C10H22N2O2S. The third-order valence-electron chi connectivity index (χ3n) is 1.69. The van der Waals surface area contributed by atoms with Gasteiger partial charge in [-0.05, 0) is 34.6 Å². The first-order chi connectivity index (χ1) is 6.63. The molecule has 0 radical (unpaired) electrons. The summed E-state index contributed by atoms with van der Waals surface area (Å²) in [6, 6.07) is -0.143. The van der Waals surface area contributed by atoms with Crippen LogP contribution in [0.2, 0.25) is 0 Å². The van der Waals surface area contributed by atoms with Crippen molar-refractivity contribution < 1.29 is 9.00 Å². The van der Waals surface area contributed by atoms with E-state index in [1.165, 1.54) is 0 Å². The van der Waals surface area contributed by atoms with Crippen molar-refractivity contribution in [3.8, 4) is 0 Å². The van der Waals surface area contributed by atoms with Gasteiger partial charge in [0.1, 0.15) is 5.25 Å². The number of hydrogen-bond donors (Lipinski definition) is 2. The number of hydrogen-bond acceptors (Lipinski definition) is 3. The zero-order chi connectivity index (χ0) is 12.2. The number of nitrogens with one attached hydrogen (secondary N) is 1. The maximum Gasteiger partial charge on any atom is 0.235 e. The van der Waals surface area contributed by atoms with Gasteiger partial charge in [-0.2, -0.15) is 0 Å². The lowest BCUT2D eigenvalue weighted by Gasteiger charge is -2.23. The van der Waals surface area contributed by atoms with Crippen LogP contribution < -0.4 is 11.1 Å². The lowest BCUT2D eigenvalue weighted by Crippen LogP contribution is -2.47. The third-order valence-corrected chi connectivity index (χ3v) is 3.55. The second kappa shape index (κ2) is 5.61. The van der Waals surface area contributed by atoms with Crippen LogP contribution in [-0.4, -0.2) is 32.7 Å². The van der Waals surface area contributed by atoms with Crippen LogP contribution in [0.1, 0.15) is 34.6 Å². The molecule has 3 unspecified atom stereocenters. The molecule has 0 heterocycles. The molecule has 0 saturated heterocycles. The molecule has 5 heteroatoms. The first-order valence-corrected chi connectivity index (χ1v) is 6.46. The number of nitrogens with two attached hydrogens (primary N) is 1. The van der Waals surface area contributed by atoms with Crippen molar-refractivity contribution in [2.24, 2.45) is 5.73 Å². The molecular weight excluding hydrogens is 212 g/mol. The zero-order valence-corrected chi connectivity index (χ0v) is 11.0. The van der Waals surface area contributed by atoms with Gasteiger partial charge < -0.3 is 11.1 Å². The fraction of sp³-hybridized carbons (Fsp3) is 0.900. The van der Waals surface area contributed by atoms with Crippen molar-refractivity contribution in [2.45, 2.75) is 51.4 Å². The average Bonchev–Trinajstić information content (AvgIpc) is 1.98. The maximum absolute atomic E-state index is 11.7.